The number of para-hydroxylation sites is 1. The number of hydrogen-bond donors (Lipinski definition) is 1. The molecular weight excluding hydrogens is 366 g/mol. The van der Waals surface area contributed by atoms with Crippen LogP contribution in [0.15, 0.2) is 42.6 Å². The lowest BCUT2D eigenvalue weighted by Gasteiger charge is -2.23. The molecular formula is C19H23N3O4S. The largest absolute Gasteiger partial charge is 0.496 e. The van der Waals surface area contributed by atoms with Crippen LogP contribution in [0.25, 0.3) is 0 Å². The van der Waals surface area contributed by atoms with Gasteiger partial charge in [-0.1, -0.05) is 18.2 Å². The number of aromatic nitrogens is 1. The minimum atomic E-state index is -3.05. The van der Waals surface area contributed by atoms with Crippen molar-refractivity contribution < 1.29 is 17.9 Å². The molecule has 1 aromatic carbocycles. The number of carbonyl (C=O) groups is 1. The van der Waals surface area contributed by atoms with E-state index in [-0.39, 0.29) is 29.1 Å². The van der Waals surface area contributed by atoms with E-state index < -0.39 is 9.84 Å². The molecule has 1 aliphatic heterocycles. The summed E-state index contributed by atoms with van der Waals surface area (Å²) in [5, 5.41) is 3.27. The van der Waals surface area contributed by atoms with Gasteiger partial charge in [-0.25, -0.2) is 8.42 Å². The quantitative estimate of drug-likeness (QED) is 0.813. The second-order valence-electron chi connectivity index (χ2n) is 6.57. The fourth-order valence-corrected chi connectivity index (χ4v) is 4.91. The molecule has 1 atom stereocenters. The highest BCUT2D eigenvalue weighted by atomic mass is 32.2. The summed E-state index contributed by atoms with van der Waals surface area (Å²) >= 11 is 0. The monoisotopic (exact) mass is 389 g/mol. The molecule has 1 aromatic heterocycles. The number of methoxy groups -OCH3 is 1. The van der Waals surface area contributed by atoms with Crippen molar-refractivity contribution in [3.63, 3.8) is 0 Å². The van der Waals surface area contributed by atoms with Crippen LogP contribution in [-0.4, -0.2) is 55.9 Å². The Balaban J connectivity index is 1.69. The van der Waals surface area contributed by atoms with E-state index in [2.05, 4.69) is 10.3 Å². The zero-order valence-corrected chi connectivity index (χ0v) is 16.2. The van der Waals surface area contributed by atoms with Gasteiger partial charge in [0.15, 0.2) is 9.84 Å². The third kappa shape index (κ3) is 4.57. The van der Waals surface area contributed by atoms with Crippen LogP contribution >= 0.6 is 0 Å². The molecule has 8 heteroatoms. The van der Waals surface area contributed by atoms with Crippen LogP contribution in [0, 0.1) is 0 Å². The molecule has 1 amide bonds. The van der Waals surface area contributed by atoms with E-state index in [0.717, 1.165) is 17.0 Å². The highest BCUT2D eigenvalue weighted by molar-refractivity contribution is 7.91. The number of nitrogens with zero attached hydrogens (tertiary/aromatic N) is 2. The Hall–Kier alpha value is -2.61. The Bertz CT molecular complexity index is 930. The predicted octanol–water partition coefficient (Wildman–Crippen LogP) is 1.96. The van der Waals surface area contributed by atoms with Crippen LogP contribution in [0.3, 0.4) is 0 Å². The molecule has 2 heterocycles. The van der Waals surface area contributed by atoms with E-state index in [9.17, 15) is 13.2 Å². The van der Waals surface area contributed by atoms with Gasteiger partial charge in [0.1, 0.15) is 11.4 Å². The first-order valence-corrected chi connectivity index (χ1v) is 10.5. The summed E-state index contributed by atoms with van der Waals surface area (Å²) < 4.78 is 28.7. The minimum absolute atomic E-state index is 0.0149. The lowest BCUT2D eigenvalue weighted by atomic mass is 10.2. The van der Waals surface area contributed by atoms with E-state index >= 15 is 0 Å². The smallest absolute Gasteiger partial charge is 0.272 e. The summed E-state index contributed by atoms with van der Waals surface area (Å²) in [7, 11) is 0.207. The number of sulfone groups is 1. The summed E-state index contributed by atoms with van der Waals surface area (Å²) in [6.45, 7) is 0.540. The fourth-order valence-electron chi connectivity index (χ4n) is 3.13. The molecule has 0 bridgehead atoms. The molecule has 7 nitrogen and oxygen atoms in total. The third-order valence-corrected chi connectivity index (χ3v) is 6.48. The molecule has 0 spiro atoms. The van der Waals surface area contributed by atoms with Crippen LogP contribution in [0.5, 0.6) is 5.75 Å². The van der Waals surface area contributed by atoms with Crippen molar-refractivity contribution >= 4 is 21.4 Å². The van der Waals surface area contributed by atoms with Crippen molar-refractivity contribution in [1.29, 1.82) is 0 Å². The van der Waals surface area contributed by atoms with Crippen molar-refractivity contribution in [2.24, 2.45) is 0 Å². The van der Waals surface area contributed by atoms with Crippen LogP contribution in [-0.2, 0) is 16.4 Å². The summed E-state index contributed by atoms with van der Waals surface area (Å²) in [6.07, 6.45) is 2.04. The maximum absolute atomic E-state index is 12.7. The number of amides is 1. The Labute approximate surface area is 159 Å². The lowest BCUT2D eigenvalue weighted by molar-refractivity contribution is 0.0742. The second kappa shape index (κ2) is 7.96. The van der Waals surface area contributed by atoms with Crippen LogP contribution in [0.2, 0.25) is 0 Å². The Morgan fingerprint density at radius 3 is 2.81 bits per heavy atom. The first-order valence-electron chi connectivity index (χ1n) is 8.69. The predicted molar refractivity (Wildman–Crippen MR) is 104 cm³/mol. The molecule has 2 aromatic rings. The molecule has 27 heavy (non-hydrogen) atoms. The van der Waals surface area contributed by atoms with Gasteiger partial charge in [0.05, 0.1) is 18.6 Å². The van der Waals surface area contributed by atoms with E-state index in [4.69, 9.17) is 4.74 Å². The summed E-state index contributed by atoms with van der Waals surface area (Å²) in [5.41, 5.74) is 2.04. The van der Waals surface area contributed by atoms with E-state index in [0.29, 0.717) is 13.0 Å². The zero-order valence-electron chi connectivity index (χ0n) is 15.4. The molecule has 1 aliphatic rings. The first kappa shape index (κ1) is 19.2. The molecule has 1 unspecified atom stereocenters. The van der Waals surface area contributed by atoms with Crippen molar-refractivity contribution in [2.45, 2.75) is 19.0 Å². The second-order valence-corrected chi connectivity index (χ2v) is 8.80. The SMILES string of the molecule is COc1ccccc1CNc1ccnc(C(=O)N(C)C2CCS(=O)(=O)C2)c1. The van der Waals surface area contributed by atoms with Crippen LogP contribution in [0.4, 0.5) is 5.69 Å². The van der Waals surface area contributed by atoms with Crippen molar-refractivity contribution in [1.82, 2.24) is 9.88 Å². The highest BCUT2D eigenvalue weighted by Gasteiger charge is 2.33. The Morgan fingerprint density at radius 1 is 1.33 bits per heavy atom. The zero-order chi connectivity index (χ0) is 19.4. The van der Waals surface area contributed by atoms with Gasteiger partial charge in [-0.15, -0.1) is 0 Å². The van der Waals surface area contributed by atoms with Gasteiger partial charge in [-0.3, -0.25) is 9.78 Å². The molecule has 1 saturated heterocycles. The van der Waals surface area contributed by atoms with Crippen molar-refractivity contribution in [3.8, 4) is 5.75 Å². The average Bonchev–Trinajstić information content (AvgIpc) is 3.05. The van der Waals surface area contributed by atoms with E-state index in [1.54, 1.807) is 32.5 Å². The molecule has 144 valence electrons. The Morgan fingerprint density at radius 2 is 2.11 bits per heavy atom. The van der Waals surface area contributed by atoms with Gasteiger partial charge in [-0.2, -0.15) is 0 Å². The number of carbonyl (C=O) groups excluding carboxylic acids is 1. The topological polar surface area (TPSA) is 88.6 Å². The van der Waals surface area contributed by atoms with Gasteiger partial charge in [0.2, 0.25) is 0 Å². The van der Waals surface area contributed by atoms with Crippen LogP contribution < -0.4 is 10.1 Å². The maximum atomic E-state index is 12.7. The average molecular weight is 389 g/mol. The lowest BCUT2D eigenvalue weighted by Crippen LogP contribution is -2.38. The number of nitrogens with one attached hydrogen (secondary N) is 1. The molecule has 0 saturated carbocycles. The minimum Gasteiger partial charge on any atom is -0.496 e. The first-order chi connectivity index (χ1) is 12.9. The fraction of sp³-hybridized carbons (Fsp3) is 0.368. The number of hydrogen-bond acceptors (Lipinski definition) is 6. The number of anilines is 1. The number of pyridine rings is 1. The molecule has 0 radical (unpaired) electrons. The van der Waals surface area contributed by atoms with Crippen molar-refractivity contribution in [3.05, 3.63) is 53.9 Å². The molecule has 1 N–H and O–H groups in total. The molecule has 0 aliphatic carbocycles. The van der Waals surface area contributed by atoms with Gasteiger partial charge in [0.25, 0.3) is 5.91 Å². The summed E-state index contributed by atoms with van der Waals surface area (Å²) in [6, 6.07) is 10.9. The number of ether oxygens (including phenoxy) is 1. The Kier molecular flexibility index (Phi) is 5.65. The van der Waals surface area contributed by atoms with Crippen molar-refractivity contribution in [2.75, 3.05) is 31.0 Å². The molecule has 3 rings (SSSR count). The van der Waals surface area contributed by atoms with Gasteiger partial charge >= 0.3 is 0 Å². The van der Waals surface area contributed by atoms with Gasteiger partial charge in [0, 0.05) is 37.1 Å². The number of benzene rings is 1. The normalized spacial score (nSPS) is 18.1. The standard InChI is InChI=1S/C19H23N3O4S/c1-22(16-8-10-27(24,25)13-16)19(23)17-11-15(7-9-20-17)21-12-14-5-3-4-6-18(14)26-2/h3-7,9,11,16H,8,10,12-13H2,1-2H3,(H,20,21). The third-order valence-electron chi connectivity index (χ3n) is 4.73. The van der Waals surface area contributed by atoms with Gasteiger partial charge in [-0.05, 0) is 24.6 Å². The summed E-state index contributed by atoms with van der Waals surface area (Å²) in [4.78, 5) is 18.3. The van der Waals surface area contributed by atoms with E-state index in [1.807, 2.05) is 24.3 Å². The molecule has 1 fully saturated rings. The summed E-state index contributed by atoms with van der Waals surface area (Å²) in [5.74, 6) is 0.653. The maximum Gasteiger partial charge on any atom is 0.272 e. The van der Waals surface area contributed by atoms with Gasteiger partial charge < -0.3 is 15.0 Å². The van der Waals surface area contributed by atoms with E-state index in [1.165, 1.54) is 4.90 Å². The van der Waals surface area contributed by atoms with Crippen LogP contribution in [0.1, 0.15) is 22.5 Å². The highest BCUT2D eigenvalue weighted by Crippen LogP contribution is 2.21. The number of rotatable bonds is 6.